The minimum Gasteiger partial charge on any atom is -0.493 e. The third-order valence-corrected chi connectivity index (χ3v) is 6.63. The number of fused-ring (bicyclic) bond motifs is 1. The highest BCUT2D eigenvalue weighted by atomic mass is 32.2. The predicted molar refractivity (Wildman–Crippen MR) is 127 cm³/mol. The Morgan fingerprint density at radius 1 is 1.03 bits per heavy atom. The number of rotatable bonds is 9. The van der Waals surface area contributed by atoms with Gasteiger partial charge in [0.05, 0.1) is 23.2 Å². The van der Waals surface area contributed by atoms with E-state index >= 15 is 0 Å². The quantitative estimate of drug-likeness (QED) is 0.260. The van der Waals surface area contributed by atoms with Crippen LogP contribution in [0, 0.1) is 0 Å². The second-order valence-electron chi connectivity index (χ2n) is 8.31. The van der Waals surface area contributed by atoms with Crippen LogP contribution >= 0.6 is 0 Å². The molecule has 4 rings (SSSR count). The highest BCUT2D eigenvalue weighted by Gasteiger charge is 2.33. The van der Waals surface area contributed by atoms with Gasteiger partial charge in [0.15, 0.2) is 5.79 Å². The van der Waals surface area contributed by atoms with Crippen LogP contribution in [-0.2, 0) is 29.8 Å². The summed E-state index contributed by atoms with van der Waals surface area (Å²) in [5.74, 6) is -1.45. The van der Waals surface area contributed by atoms with Gasteiger partial charge in [0.1, 0.15) is 25.1 Å². The van der Waals surface area contributed by atoms with Crippen LogP contribution in [0.2, 0.25) is 0 Å². The van der Waals surface area contributed by atoms with E-state index in [-0.39, 0.29) is 18.8 Å². The normalized spacial score (nSPS) is 17.9. The number of hydrogen-bond donors (Lipinski definition) is 0. The summed E-state index contributed by atoms with van der Waals surface area (Å²) in [5, 5.41) is 2.20. The molecule has 1 saturated heterocycles. The van der Waals surface area contributed by atoms with Crippen LogP contribution in [0.5, 0.6) is 5.75 Å². The first kappa shape index (κ1) is 24.1. The molecule has 1 heterocycles. The van der Waals surface area contributed by atoms with Gasteiger partial charge in [-0.25, -0.2) is 4.79 Å². The Morgan fingerprint density at radius 3 is 2.47 bits per heavy atom. The average molecular weight is 483 g/mol. The summed E-state index contributed by atoms with van der Waals surface area (Å²) < 4.78 is 34.4. The molecular weight excluding hydrogens is 456 g/mol. The van der Waals surface area contributed by atoms with Gasteiger partial charge >= 0.3 is 5.97 Å². The fourth-order valence-corrected chi connectivity index (χ4v) is 4.48. The molecule has 0 bridgehead atoms. The van der Waals surface area contributed by atoms with Crippen molar-refractivity contribution in [3.63, 3.8) is 0 Å². The van der Waals surface area contributed by atoms with Crippen LogP contribution in [0.4, 0.5) is 0 Å². The van der Waals surface area contributed by atoms with Crippen molar-refractivity contribution in [2.24, 2.45) is 0 Å². The fourth-order valence-electron chi connectivity index (χ4n) is 3.57. The molecule has 0 aliphatic carbocycles. The molecule has 1 aliphatic heterocycles. The molecule has 1 fully saturated rings. The van der Waals surface area contributed by atoms with E-state index in [4.69, 9.17) is 18.9 Å². The SMILES string of the molecule is CC1(C)OCC(COC(=O)C(=O)c2ccc(S(=O)CCOc3ccc4ccccc4c3)cc2)O1. The van der Waals surface area contributed by atoms with E-state index in [9.17, 15) is 13.8 Å². The van der Waals surface area contributed by atoms with Crippen LogP contribution in [0.25, 0.3) is 10.8 Å². The first-order chi connectivity index (χ1) is 16.3. The number of carbonyl (C=O) groups is 2. The number of ketones is 1. The number of Topliss-reactive ketones (excluding diaryl/α,β-unsaturated/α-hetero) is 1. The molecular formula is C26H26O7S. The maximum atomic E-state index is 12.6. The van der Waals surface area contributed by atoms with Crippen molar-refractivity contribution in [1.82, 2.24) is 0 Å². The second kappa shape index (κ2) is 10.5. The lowest BCUT2D eigenvalue weighted by Crippen LogP contribution is -2.27. The molecule has 3 aromatic rings. The highest BCUT2D eigenvalue weighted by molar-refractivity contribution is 7.85. The molecule has 178 valence electrons. The largest absolute Gasteiger partial charge is 0.493 e. The number of carbonyl (C=O) groups excluding carboxylic acids is 2. The molecule has 0 radical (unpaired) electrons. The Morgan fingerprint density at radius 2 is 1.76 bits per heavy atom. The summed E-state index contributed by atoms with van der Waals surface area (Å²) in [4.78, 5) is 25.0. The Labute approximate surface area is 200 Å². The van der Waals surface area contributed by atoms with Gasteiger partial charge in [-0.3, -0.25) is 9.00 Å². The summed E-state index contributed by atoms with van der Waals surface area (Å²) in [6, 6.07) is 19.9. The zero-order chi connectivity index (χ0) is 24.1. The first-order valence-electron chi connectivity index (χ1n) is 10.9. The lowest BCUT2D eigenvalue weighted by molar-refractivity contribution is -0.154. The van der Waals surface area contributed by atoms with E-state index < -0.39 is 34.4 Å². The maximum Gasteiger partial charge on any atom is 0.379 e. The maximum absolute atomic E-state index is 12.6. The third-order valence-electron chi connectivity index (χ3n) is 5.29. The second-order valence-corrected chi connectivity index (χ2v) is 9.88. The Hall–Kier alpha value is -3.07. The van der Waals surface area contributed by atoms with Gasteiger partial charge in [-0.1, -0.05) is 30.3 Å². The van der Waals surface area contributed by atoms with E-state index in [1.54, 1.807) is 26.0 Å². The summed E-state index contributed by atoms with van der Waals surface area (Å²) in [7, 11) is -1.31. The molecule has 0 amide bonds. The zero-order valence-corrected chi connectivity index (χ0v) is 19.8. The molecule has 3 aromatic carbocycles. The molecule has 34 heavy (non-hydrogen) atoms. The Bertz CT molecular complexity index is 1200. The van der Waals surface area contributed by atoms with Crippen molar-refractivity contribution in [2.75, 3.05) is 25.6 Å². The van der Waals surface area contributed by atoms with E-state index in [2.05, 4.69) is 0 Å². The monoisotopic (exact) mass is 482 g/mol. The average Bonchev–Trinajstić information content (AvgIpc) is 3.20. The van der Waals surface area contributed by atoms with Gasteiger partial charge < -0.3 is 18.9 Å². The lowest BCUT2D eigenvalue weighted by Gasteiger charge is -2.16. The van der Waals surface area contributed by atoms with Crippen molar-refractivity contribution in [3.05, 3.63) is 72.3 Å². The Kier molecular flexibility index (Phi) is 7.41. The van der Waals surface area contributed by atoms with Gasteiger partial charge in [-0.15, -0.1) is 0 Å². The number of ether oxygens (including phenoxy) is 4. The van der Waals surface area contributed by atoms with Gasteiger partial charge in [-0.2, -0.15) is 0 Å². The fraction of sp³-hybridized carbons (Fsp3) is 0.308. The van der Waals surface area contributed by atoms with Gasteiger partial charge in [0, 0.05) is 10.5 Å². The lowest BCUT2D eigenvalue weighted by atomic mass is 10.1. The summed E-state index contributed by atoms with van der Waals surface area (Å²) in [6.45, 7) is 4.04. The van der Waals surface area contributed by atoms with E-state index in [0.29, 0.717) is 23.0 Å². The van der Waals surface area contributed by atoms with E-state index in [0.717, 1.165) is 10.8 Å². The minimum absolute atomic E-state index is 0.0622. The van der Waals surface area contributed by atoms with Crippen molar-refractivity contribution in [1.29, 1.82) is 0 Å². The molecule has 0 aromatic heterocycles. The molecule has 2 unspecified atom stereocenters. The van der Waals surface area contributed by atoms with E-state index in [1.807, 2.05) is 42.5 Å². The zero-order valence-electron chi connectivity index (χ0n) is 19.0. The third kappa shape index (κ3) is 6.08. The minimum atomic E-state index is -1.31. The van der Waals surface area contributed by atoms with Crippen LogP contribution in [0.1, 0.15) is 24.2 Å². The number of hydrogen-bond acceptors (Lipinski definition) is 7. The van der Waals surface area contributed by atoms with Gasteiger partial charge in [-0.05, 0) is 61.0 Å². The molecule has 0 N–H and O–H groups in total. The van der Waals surface area contributed by atoms with Crippen LogP contribution in [-0.4, -0.2) is 53.4 Å². The molecule has 0 spiro atoms. The Balaban J connectivity index is 1.25. The van der Waals surface area contributed by atoms with Crippen molar-refractivity contribution in [2.45, 2.75) is 30.6 Å². The van der Waals surface area contributed by atoms with E-state index in [1.165, 1.54) is 12.1 Å². The van der Waals surface area contributed by atoms with Crippen LogP contribution in [0.15, 0.2) is 71.6 Å². The molecule has 8 heteroatoms. The molecule has 1 aliphatic rings. The van der Waals surface area contributed by atoms with Crippen molar-refractivity contribution < 1.29 is 32.7 Å². The summed E-state index contributed by atoms with van der Waals surface area (Å²) in [6.07, 6.45) is -0.409. The van der Waals surface area contributed by atoms with Crippen molar-refractivity contribution in [3.8, 4) is 5.75 Å². The topological polar surface area (TPSA) is 88.1 Å². The van der Waals surface area contributed by atoms with Crippen LogP contribution in [0.3, 0.4) is 0 Å². The summed E-state index contributed by atoms with van der Waals surface area (Å²) >= 11 is 0. The first-order valence-corrected chi connectivity index (χ1v) is 12.3. The highest BCUT2D eigenvalue weighted by Crippen LogP contribution is 2.23. The number of esters is 1. The van der Waals surface area contributed by atoms with Gasteiger partial charge in [0.2, 0.25) is 0 Å². The van der Waals surface area contributed by atoms with Crippen LogP contribution < -0.4 is 4.74 Å². The predicted octanol–water partition coefficient (Wildman–Crippen LogP) is 3.90. The van der Waals surface area contributed by atoms with Gasteiger partial charge in [0.25, 0.3) is 5.78 Å². The van der Waals surface area contributed by atoms with Crippen molar-refractivity contribution >= 4 is 33.3 Å². The molecule has 0 saturated carbocycles. The smallest absolute Gasteiger partial charge is 0.379 e. The molecule has 2 atom stereocenters. The summed E-state index contributed by atoms with van der Waals surface area (Å²) in [5.41, 5.74) is 0.169. The molecule has 7 nitrogen and oxygen atoms in total. The number of benzene rings is 3. The standard InChI is InChI=1S/C26H26O7S/c1-26(2)32-17-22(33-26)16-31-25(28)24(27)19-8-11-23(12-9-19)34(29)14-13-30-21-10-7-18-5-3-4-6-20(18)15-21/h3-12,15,22H,13-14,16-17H2,1-2H3.